The molecule has 0 aliphatic rings. The first kappa shape index (κ1) is 11.3. The van der Waals surface area contributed by atoms with Crippen molar-refractivity contribution in [3.05, 3.63) is 28.8 Å². The zero-order valence-electron chi connectivity index (χ0n) is 6.57. The summed E-state index contributed by atoms with van der Waals surface area (Å²) in [4.78, 5) is 10.2. The van der Waals surface area contributed by atoms with E-state index < -0.39 is 15.0 Å². The van der Waals surface area contributed by atoms with Gasteiger partial charge in [-0.15, -0.1) is 0 Å². The van der Waals surface area contributed by atoms with E-state index in [4.69, 9.17) is 27.4 Å². The third-order valence-electron chi connectivity index (χ3n) is 1.44. The maximum absolute atomic E-state index is 10.9. The molecule has 0 saturated heterocycles. The molecule has 0 atom stereocenters. The first-order chi connectivity index (χ1) is 6.32. The van der Waals surface area contributed by atoms with Gasteiger partial charge in [-0.25, -0.2) is 13.2 Å². The normalized spacial score (nSPS) is 11.3. The summed E-state index contributed by atoms with van der Waals surface area (Å²) in [6.45, 7) is 0. The summed E-state index contributed by atoms with van der Waals surface area (Å²) in [5.74, 6) is -1.19. The lowest BCUT2D eigenvalue weighted by Gasteiger charge is -2.00. The largest absolute Gasteiger partial charge is 0.478 e. The molecule has 4 nitrogen and oxygen atoms in total. The molecule has 1 rings (SSSR count). The highest BCUT2D eigenvalue weighted by Gasteiger charge is 2.16. The van der Waals surface area contributed by atoms with Crippen LogP contribution in [0.25, 0.3) is 0 Å². The molecule has 0 unspecified atom stereocenters. The molecule has 7 heteroatoms. The molecule has 14 heavy (non-hydrogen) atoms. The maximum Gasteiger partial charge on any atom is 0.335 e. The summed E-state index contributed by atoms with van der Waals surface area (Å²) in [7, 11) is 1.11. The van der Waals surface area contributed by atoms with Gasteiger partial charge in [0, 0.05) is 10.7 Å². The standard InChI is InChI=1S/C7H4Cl2O4S/c8-5-3-4(7(10)11)1-2-6(5)14(9,12)13/h1-3H,(H,10,11). The molecule has 0 aliphatic heterocycles. The van der Waals surface area contributed by atoms with Crippen molar-refractivity contribution in [1.82, 2.24) is 0 Å². The average molecular weight is 255 g/mol. The van der Waals surface area contributed by atoms with E-state index in [1.165, 1.54) is 0 Å². The Balaban J connectivity index is 3.35. The van der Waals surface area contributed by atoms with Gasteiger partial charge in [0.05, 0.1) is 10.6 Å². The van der Waals surface area contributed by atoms with Gasteiger partial charge in [-0.3, -0.25) is 0 Å². The quantitative estimate of drug-likeness (QED) is 0.820. The van der Waals surface area contributed by atoms with E-state index in [0.717, 1.165) is 18.2 Å². The van der Waals surface area contributed by atoms with E-state index in [-0.39, 0.29) is 15.5 Å². The van der Waals surface area contributed by atoms with E-state index in [1.807, 2.05) is 0 Å². The van der Waals surface area contributed by atoms with Crippen LogP contribution >= 0.6 is 22.3 Å². The van der Waals surface area contributed by atoms with Crippen LogP contribution in [0.2, 0.25) is 5.02 Å². The van der Waals surface area contributed by atoms with Crippen LogP contribution in [0.5, 0.6) is 0 Å². The second-order valence-corrected chi connectivity index (χ2v) is 5.33. The molecule has 1 aromatic carbocycles. The van der Waals surface area contributed by atoms with E-state index >= 15 is 0 Å². The van der Waals surface area contributed by atoms with Gasteiger partial charge in [0.2, 0.25) is 0 Å². The highest BCUT2D eigenvalue weighted by Crippen LogP contribution is 2.25. The number of aromatic carboxylic acids is 1. The molecule has 0 amide bonds. The highest BCUT2D eigenvalue weighted by molar-refractivity contribution is 8.13. The predicted molar refractivity (Wildman–Crippen MR) is 51.5 cm³/mol. The van der Waals surface area contributed by atoms with Gasteiger partial charge in [-0.1, -0.05) is 11.6 Å². The van der Waals surface area contributed by atoms with Crippen molar-refractivity contribution < 1.29 is 18.3 Å². The van der Waals surface area contributed by atoms with Crippen LogP contribution in [0.3, 0.4) is 0 Å². The van der Waals surface area contributed by atoms with Crippen molar-refractivity contribution in [2.24, 2.45) is 0 Å². The Hall–Kier alpha value is -0.780. The molecule has 1 N–H and O–H groups in total. The number of hydrogen-bond acceptors (Lipinski definition) is 3. The molecule has 0 spiro atoms. The number of rotatable bonds is 2. The minimum absolute atomic E-state index is 0.0981. The number of hydrogen-bond donors (Lipinski definition) is 1. The fourth-order valence-corrected chi connectivity index (χ4v) is 2.36. The van der Waals surface area contributed by atoms with Gasteiger partial charge in [0.1, 0.15) is 4.90 Å². The van der Waals surface area contributed by atoms with Gasteiger partial charge in [0.25, 0.3) is 9.05 Å². The SMILES string of the molecule is O=C(O)c1ccc(S(=O)(=O)Cl)c(Cl)c1. The van der Waals surface area contributed by atoms with Crippen molar-refractivity contribution in [2.45, 2.75) is 4.90 Å². The van der Waals surface area contributed by atoms with E-state index in [1.54, 1.807) is 0 Å². The molecular formula is C7H4Cl2O4S. The summed E-state index contributed by atoms with van der Waals surface area (Å²) in [6.07, 6.45) is 0. The molecular weight excluding hydrogens is 251 g/mol. The Morgan fingerprint density at radius 2 is 1.93 bits per heavy atom. The smallest absolute Gasteiger partial charge is 0.335 e. The number of carboxylic acid groups (broad SMARTS) is 1. The van der Waals surface area contributed by atoms with Gasteiger partial charge in [-0.05, 0) is 18.2 Å². The maximum atomic E-state index is 10.9. The lowest BCUT2D eigenvalue weighted by molar-refractivity contribution is 0.0697. The molecule has 0 saturated carbocycles. The molecule has 76 valence electrons. The zero-order chi connectivity index (χ0) is 10.9. The van der Waals surface area contributed by atoms with E-state index in [0.29, 0.717) is 0 Å². The number of halogens is 2. The topological polar surface area (TPSA) is 71.4 Å². The Morgan fingerprint density at radius 1 is 1.36 bits per heavy atom. The Kier molecular flexibility index (Phi) is 3.04. The van der Waals surface area contributed by atoms with Crippen LogP contribution in [-0.4, -0.2) is 19.5 Å². The second-order valence-electron chi connectivity index (χ2n) is 2.39. The summed E-state index contributed by atoms with van der Waals surface area (Å²) in [6, 6.07) is 3.19. The van der Waals surface area contributed by atoms with Gasteiger partial charge >= 0.3 is 5.97 Å². The molecule has 1 aromatic rings. The van der Waals surface area contributed by atoms with Crippen LogP contribution in [0, 0.1) is 0 Å². The average Bonchev–Trinajstić information content (AvgIpc) is 2.01. The van der Waals surface area contributed by atoms with Crippen molar-refractivity contribution in [1.29, 1.82) is 0 Å². The Morgan fingerprint density at radius 3 is 2.29 bits per heavy atom. The summed E-state index contributed by atoms with van der Waals surface area (Å²) in [5.41, 5.74) is -0.0981. The molecule has 0 aromatic heterocycles. The third-order valence-corrected chi connectivity index (χ3v) is 3.25. The first-order valence-corrected chi connectivity index (χ1v) is 5.98. The summed E-state index contributed by atoms with van der Waals surface area (Å²) < 4.78 is 21.7. The zero-order valence-corrected chi connectivity index (χ0v) is 8.90. The van der Waals surface area contributed by atoms with Gasteiger partial charge < -0.3 is 5.11 Å². The van der Waals surface area contributed by atoms with Crippen LogP contribution in [0.1, 0.15) is 10.4 Å². The second kappa shape index (κ2) is 3.76. The van der Waals surface area contributed by atoms with Crippen molar-refractivity contribution in [3.63, 3.8) is 0 Å². The summed E-state index contributed by atoms with van der Waals surface area (Å²) >= 11 is 5.53. The predicted octanol–water partition coefficient (Wildman–Crippen LogP) is 1.97. The number of carboxylic acids is 1. The molecule has 0 bridgehead atoms. The van der Waals surface area contributed by atoms with Crippen molar-refractivity contribution >= 4 is 37.3 Å². The van der Waals surface area contributed by atoms with Crippen molar-refractivity contribution in [2.75, 3.05) is 0 Å². The fourth-order valence-electron chi connectivity index (χ4n) is 0.832. The first-order valence-electron chi connectivity index (χ1n) is 3.30. The molecule has 0 aliphatic carbocycles. The van der Waals surface area contributed by atoms with E-state index in [2.05, 4.69) is 0 Å². The third kappa shape index (κ3) is 2.37. The minimum Gasteiger partial charge on any atom is -0.478 e. The lowest BCUT2D eigenvalue weighted by atomic mass is 10.2. The fraction of sp³-hybridized carbons (Fsp3) is 0. The minimum atomic E-state index is -3.93. The highest BCUT2D eigenvalue weighted by atomic mass is 35.7. The molecule has 0 heterocycles. The van der Waals surface area contributed by atoms with Crippen molar-refractivity contribution in [3.8, 4) is 0 Å². The Labute approximate surface area is 89.5 Å². The van der Waals surface area contributed by atoms with Crippen LogP contribution in [0.15, 0.2) is 23.1 Å². The molecule has 0 fully saturated rings. The number of benzene rings is 1. The van der Waals surface area contributed by atoms with Gasteiger partial charge in [-0.2, -0.15) is 0 Å². The van der Waals surface area contributed by atoms with E-state index in [9.17, 15) is 13.2 Å². The lowest BCUT2D eigenvalue weighted by Crippen LogP contribution is -1.98. The monoisotopic (exact) mass is 254 g/mol. The van der Waals surface area contributed by atoms with Crippen LogP contribution in [0.4, 0.5) is 0 Å². The van der Waals surface area contributed by atoms with Crippen LogP contribution in [-0.2, 0) is 9.05 Å². The molecule has 0 radical (unpaired) electrons. The van der Waals surface area contributed by atoms with Gasteiger partial charge in [0.15, 0.2) is 0 Å². The van der Waals surface area contributed by atoms with Crippen LogP contribution < -0.4 is 0 Å². The Bertz CT molecular complexity index is 480. The number of carbonyl (C=O) groups is 1. The summed E-state index contributed by atoms with van der Waals surface area (Å²) in [5, 5.41) is 8.35.